The molecule has 1 N–H and O–H groups in total. The molecular weight excluding hydrogens is 644 g/mol. The Morgan fingerprint density at radius 2 is 1.07 bits per heavy atom. The topological polar surface area (TPSA) is 77.9 Å². The summed E-state index contributed by atoms with van der Waals surface area (Å²) in [5.74, 6) is -6.09. The molecule has 1 heterocycles. The Labute approximate surface area is 243 Å². The molecule has 0 fully saturated rings. The highest BCUT2D eigenvalue weighted by Gasteiger charge is 2.54. The highest BCUT2D eigenvalue weighted by atomic mass is 19.4. The lowest BCUT2D eigenvalue weighted by Gasteiger charge is -2.26. The van der Waals surface area contributed by atoms with Gasteiger partial charge in [-0.05, 0) is 48.5 Å². The van der Waals surface area contributed by atoms with Gasteiger partial charge in [0, 0.05) is 18.3 Å². The molecule has 1 aliphatic heterocycles. The number of anilines is 2. The molecule has 240 valence electrons. The number of halogens is 12. The summed E-state index contributed by atoms with van der Waals surface area (Å²) >= 11 is 0. The van der Waals surface area contributed by atoms with Gasteiger partial charge in [-0.15, -0.1) is 0 Å². The van der Waals surface area contributed by atoms with Gasteiger partial charge >= 0.3 is 24.7 Å². The third kappa shape index (κ3) is 5.81. The number of carbonyl (C=O) groups is 3. The van der Waals surface area contributed by atoms with Crippen LogP contribution in [-0.2, 0) is 31.3 Å². The van der Waals surface area contributed by atoms with E-state index < -0.39 is 105 Å². The van der Waals surface area contributed by atoms with Gasteiger partial charge in [-0.1, -0.05) is 0 Å². The van der Waals surface area contributed by atoms with Crippen LogP contribution in [0, 0.1) is 0 Å². The number of fused-ring (bicyclic) bond motifs is 1. The summed E-state index contributed by atoms with van der Waals surface area (Å²) < 4.78 is 165. The maximum atomic E-state index is 14.6. The molecule has 18 heteroatoms. The largest absolute Gasteiger partial charge is 0.418 e. The Bertz CT molecular complexity index is 1690. The molecule has 4 rings (SSSR count). The predicted octanol–water partition coefficient (Wildman–Crippen LogP) is 7.33. The number of aliphatic hydroxyl groups is 1. The Morgan fingerprint density at radius 1 is 0.667 bits per heavy atom. The molecule has 0 spiro atoms. The summed E-state index contributed by atoms with van der Waals surface area (Å²) in [6, 6.07) is 3.58. The summed E-state index contributed by atoms with van der Waals surface area (Å²) in [5.41, 5.74) is -16.3. The third-order valence-corrected chi connectivity index (χ3v) is 6.72. The summed E-state index contributed by atoms with van der Waals surface area (Å²) in [4.78, 5) is 39.9. The Morgan fingerprint density at radius 3 is 1.44 bits per heavy atom. The second kappa shape index (κ2) is 10.8. The van der Waals surface area contributed by atoms with Gasteiger partial charge in [0.2, 0.25) is 0 Å². The molecule has 3 amide bonds. The van der Waals surface area contributed by atoms with Crippen LogP contribution in [0.25, 0.3) is 0 Å². The van der Waals surface area contributed by atoms with E-state index in [-0.39, 0.29) is 9.80 Å². The molecule has 0 bridgehead atoms. The fraction of sp³-hybridized carbons (Fsp3) is 0.222. The van der Waals surface area contributed by atoms with E-state index >= 15 is 0 Å². The maximum absolute atomic E-state index is 14.6. The summed E-state index contributed by atoms with van der Waals surface area (Å²) in [6.45, 7) is -1.95. The van der Waals surface area contributed by atoms with Crippen LogP contribution in [0.2, 0.25) is 0 Å². The van der Waals surface area contributed by atoms with Crippen LogP contribution >= 0.6 is 0 Å². The quantitative estimate of drug-likeness (QED) is 0.235. The second-order valence-corrected chi connectivity index (χ2v) is 9.41. The lowest BCUT2D eigenvalue weighted by Crippen LogP contribution is -2.33. The number of benzene rings is 3. The number of nitrogens with zero attached hydrogens (tertiary/aromatic N) is 2. The van der Waals surface area contributed by atoms with Gasteiger partial charge in [0.15, 0.2) is 0 Å². The van der Waals surface area contributed by atoms with Crippen molar-refractivity contribution in [3.05, 3.63) is 93.0 Å². The average molecular weight is 658 g/mol. The lowest BCUT2D eigenvalue weighted by molar-refractivity contribution is -0.142. The molecule has 45 heavy (non-hydrogen) atoms. The number of hydrogen-bond donors (Lipinski definition) is 1. The van der Waals surface area contributed by atoms with Crippen molar-refractivity contribution in [3.63, 3.8) is 0 Å². The van der Waals surface area contributed by atoms with Crippen molar-refractivity contribution in [3.8, 4) is 0 Å². The van der Waals surface area contributed by atoms with E-state index in [4.69, 9.17) is 0 Å². The number of carbonyl (C=O) groups excluding carboxylic acids is 3. The first kappa shape index (κ1) is 33.3. The van der Waals surface area contributed by atoms with Crippen LogP contribution in [0.5, 0.6) is 0 Å². The zero-order valence-corrected chi connectivity index (χ0v) is 21.9. The SMILES string of the molecule is CN(C(=O)c1c(CO)c(C(F)(F)F)c2c(c1C(F)(F)F)C(=O)N(c1ccc(C(F)(F)F)cc1)C2=O)c1ccc(C(F)(F)F)cc1. The smallest absolute Gasteiger partial charge is 0.392 e. The fourth-order valence-electron chi connectivity index (χ4n) is 4.73. The van der Waals surface area contributed by atoms with E-state index in [2.05, 4.69) is 0 Å². The van der Waals surface area contributed by atoms with Gasteiger partial charge in [-0.25, -0.2) is 4.90 Å². The zero-order chi connectivity index (χ0) is 34.0. The minimum Gasteiger partial charge on any atom is -0.392 e. The van der Waals surface area contributed by atoms with Gasteiger partial charge in [0.25, 0.3) is 17.7 Å². The molecule has 3 aromatic rings. The molecule has 0 saturated carbocycles. The molecule has 0 atom stereocenters. The molecular formula is C27H14F12N2O4. The predicted molar refractivity (Wildman–Crippen MR) is 129 cm³/mol. The van der Waals surface area contributed by atoms with Gasteiger partial charge in [0.05, 0.1) is 51.2 Å². The zero-order valence-electron chi connectivity index (χ0n) is 21.9. The second-order valence-electron chi connectivity index (χ2n) is 9.41. The Hall–Kier alpha value is -4.61. The van der Waals surface area contributed by atoms with E-state index in [1.165, 1.54) is 0 Å². The van der Waals surface area contributed by atoms with Crippen molar-refractivity contribution >= 4 is 29.1 Å². The van der Waals surface area contributed by atoms with Crippen LogP contribution < -0.4 is 9.80 Å². The van der Waals surface area contributed by atoms with Gasteiger partial charge in [0.1, 0.15) is 0 Å². The third-order valence-electron chi connectivity index (χ3n) is 6.72. The molecule has 0 radical (unpaired) electrons. The molecule has 0 saturated heterocycles. The number of hydrogen-bond acceptors (Lipinski definition) is 4. The van der Waals surface area contributed by atoms with E-state index in [1.54, 1.807) is 0 Å². The van der Waals surface area contributed by atoms with Crippen LogP contribution in [0.3, 0.4) is 0 Å². The molecule has 3 aromatic carbocycles. The fourth-order valence-corrected chi connectivity index (χ4v) is 4.73. The normalized spacial score (nSPS) is 14.2. The van der Waals surface area contributed by atoms with Crippen molar-refractivity contribution in [2.75, 3.05) is 16.8 Å². The van der Waals surface area contributed by atoms with E-state index in [9.17, 15) is 72.2 Å². The maximum Gasteiger partial charge on any atom is 0.418 e. The number of rotatable bonds is 4. The number of aliphatic hydroxyl groups excluding tert-OH is 1. The average Bonchev–Trinajstić information content (AvgIpc) is 3.18. The minimum absolute atomic E-state index is 0.227. The standard InChI is InChI=1S/C27H14F12N2O4/c1-40(13-6-2-11(3-7-13)24(28,29)30)21(43)16-15(10-42)19(26(34,35)36)17-18(20(16)27(37,38)39)23(45)41(22(17)44)14-8-4-12(5-9-14)25(31,32)33/h2-9,42H,10H2,1H3. The first-order valence-electron chi connectivity index (χ1n) is 12.0. The highest BCUT2D eigenvalue weighted by Crippen LogP contribution is 2.49. The van der Waals surface area contributed by atoms with Crippen LogP contribution in [-0.4, -0.2) is 29.9 Å². The van der Waals surface area contributed by atoms with Gasteiger partial charge in [-0.3, -0.25) is 14.4 Å². The minimum atomic E-state index is -5.88. The monoisotopic (exact) mass is 658 g/mol. The van der Waals surface area contributed by atoms with E-state index in [1.807, 2.05) is 0 Å². The Balaban J connectivity index is 2.01. The number of alkyl halides is 12. The van der Waals surface area contributed by atoms with Crippen LogP contribution in [0.4, 0.5) is 64.1 Å². The van der Waals surface area contributed by atoms with Crippen molar-refractivity contribution in [1.82, 2.24) is 0 Å². The molecule has 0 aliphatic carbocycles. The first-order valence-corrected chi connectivity index (χ1v) is 12.0. The number of imide groups is 1. The molecule has 0 aromatic heterocycles. The lowest BCUT2D eigenvalue weighted by atomic mass is 9.86. The van der Waals surface area contributed by atoms with Crippen molar-refractivity contribution < 1.29 is 72.2 Å². The summed E-state index contributed by atoms with van der Waals surface area (Å²) in [6.07, 6.45) is -21.5. The van der Waals surface area contributed by atoms with Crippen molar-refractivity contribution in [2.24, 2.45) is 0 Å². The Kier molecular flexibility index (Phi) is 7.97. The summed E-state index contributed by atoms with van der Waals surface area (Å²) in [7, 11) is 0.689. The molecule has 0 unspecified atom stereocenters. The van der Waals surface area contributed by atoms with Crippen molar-refractivity contribution in [2.45, 2.75) is 31.3 Å². The van der Waals surface area contributed by atoms with Gasteiger partial charge in [-0.2, -0.15) is 52.7 Å². The van der Waals surface area contributed by atoms with Crippen LogP contribution in [0.1, 0.15) is 58.9 Å². The number of amides is 3. The van der Waals surface area contributed by atoms with E-state index in [0.29, 0.717) is 55.6 Å². The van der Waals surface area contributed by atoms with Crippen LogP contribution in [0.15, 0.2) is 48.5 Å². The summed E-state index contributed by atoms with van der Waals surface area (Å²) in [5, 5.41) is 9.87. The van der Waals surface area contributed by atoms with Crippen molar-refractivity contribution in [1.29, 1.82) is 0 Å². The first-order chi connectivity index (χ1) is 20.5. The molecule has 6 nitrogen and oxygen atoms in total. The van der Waals surface area contributed by atoms with Gasteiger partial charge < -0.3 is 10.0 Å². The highest BCUT2D eigenvalue weighted by molar-refractivity contribution is 6.36. The van der Waals surface area contributed by atoms with E-state index in [0.717, 1.165) is 0 Å². The molecule has 1 aliphatic rings.